The predicted octanol–water partition coefficient (Wildman–Crippen LogP) is 3.87. The van der Waals surface area contributed by atoms with E-state index >= 15 is 0 Å². The Morgan fingerprint density at radius 2 is 1.94 bits per heavy atom. The minimum Gasteiger partial charge on any atom is -0.391 e. The van der Waals surface area contributed by atoms with Gasteiger partial charge in [-0.05, 0) is 43.1 Å². The second-order valence-electron chi connectivity index (χ2n) is 9.83. The molecule has 1 fully saturated rings. The van der Waals surface area contributed by atoms with Crippen LogP contribution >= 0.6 is 23.1 Å². The second kappa shape index (κ2) is 13.4. The van der Waals surface area contributed by atoms with E-state index in [-0.39, 0.29) is 37.0 Å². The van der Waals surface area contributed by atoms with Crippen LogP contribution in [0.25, 0.3) is 10.4 Å². The fourth-order valence-electron chi connectivity index (χ4n) is 4.43. The van der Waals surface area contributed by atoms with E-state index in [1.807, 2.05) is 43.0 Å². The molecule has 0 aliphatic carbocycles. The molecule has 2 heterocycles. The molecule has 196 valence electrons. The number of nitrogens with zero attached hydrogens (tertiary/aromatic N) is 2. The van der Waals surface area contributed by atoms with Gasteiger partial charge in [-0.2, -0.15) is 11.8 Å². The fraction of sp³-hybridized carbons (Fsp3) is 0.556. The normalized spacial score (nSPS) is 18.4. The zero-order chi connectivity index (χ0) is 26.2. The van der Waals surface area contributed by atoms with E-state index < -0.39 is 18.2 Å². The second-order valence-corrected chi connectivity index (χ2v) is 11.6. The number of rotatable bonds is 12. The fourth-order valence-corrected chi connectivity index (χ4v) is 5.80. The number of Topliss-reactive ketones (excluding diaryl/α,β-unsaturated/α-hetero) is 1. The maximum absolute atomic E-state index is 13.4. The largest absolute Gasteiger partial charge is 0.391 e. The molecular formula is C27H37N3O4S2. The number of ketones is 1. The van der Waals surface area contributed by atoms with Crippen molar-refractivity contribution in [2.24, 2.45) is 5.92 Å². The molecule has 2 N–H and O–H groups in total. The summed E-state index contributed by atoms with van der Waals surface area (Å²) >= 11 is 3.07. The molecule has 1 aliphatic rings. The summed E-state index contributed by atoms with van der Waals surface area (Å²) in [5.74, 6) is 0.313. The summed E-state index contributed by atoms with van der Waals surface area (Å²) in [5.41, 5.74) is 4.99. The summed E-state index contributed by atoms with van der Waals surface area (Å²) in [6.45, 7) is 6.21. The maximum atomic E-state index is 13.4. The molecule has 36 heavy (non-hydrogen) atoms. The van der Waals surface area contributed by atoms with Crippen LogP contribution in [0.3, 0.4) is 0 Å². The van der Waals surface area contributed by atoms with Crippen molar-refractivity contribution in [1.82, 2.24) is 15.2 Å². The lowest BCUT2D eigenvalue weighted by Crippen LogP contribution is -2.53. The first-order valence-corrected chi connectivity index (χ1v) is 14.8. The number of hydrogen-bond donors (Lipinski definition) is 2. The number of hydrogen-bond acceptors (Lipinski definition) is 7. The first-order chi connectivity index (χ1) is 17.2. The molecule has 2 aromatic rings. The number of thiazole rings is 1. The van der Waals surface area contributed by atoms with Gasteiger partial charge in [-0.15, -0.1) is 11.3 Å². The molecule has 1 aromatic carbocycles. The number of aromatic nitrogens is 1. The SMILES string of the molecule is CSCC(NC(=O)CCC(C)C)C(=O)N1C[C@H](O)C[C@H]1C(=O)CCc1ccc(-c2scnc2C)cc1. The Labute approximate surface area is 222 Å². The van der Waals surface area contributed by atoms with Crippen LogP contribution in [0.4, 0.5) is 0 Å². The highest BCUT2D eigenvalue weighted by atomic mass is 32.2. The average molecular weight is 532 g/mol. The number of carbonyl (C=O) groups is 3. The highest BCUT2D eigenvalue weighted by molar-refractivity contribution is 7.98. The Kier molecular flexibility index (Phi) is 10.5. The summed E-state index contributed by atoms with van der Waals surface area (Å²) in [6.07, 6.45) is 3.34. The van der Waals surface area contributed by atoms with Gasteiger partial charge >= 0.3 is 0 Å². The molecule has 3 rings (SSSR count). The Balaban J connectivity index is 1.61. The Morgan fingerprint density at radius 3 is 2.56 bits per heavy atom. The molecule has 0 radical (unpaired) electrons. The van der Waals surface area contributed by atoms with E-state index in [0.29, 0.717) is 24.5 Å². The molecule has 1 saturated heterocycles. The highest BCUT2D eigenvalue weighted by Gasteiger charge is 2.40. The van der Waals surface area contributed by atoms with E-state index in [9.17, 15) is 19.5 Å². The van der Waals surface area contributed by atoms with Crippen molar-refractivity contribution in [3.8, 4) is 10.4 Å². The third-order valence-corrected chi connectivity index (χ3v) is 8.12. The first kappa shape index (κ1) is 28.3. The molecule has 9 heteroatoms. The van der Waals surface area contributed by atoms with E-state index in [0.717, 1.165) is 28.1 Å². The van der Waals surface area contributed by atoms with Gasteiger partial charge in [-0.1, -0.05) is 38.1 Å². The number of β-amino-alcohol motifs (C(OH)–C–C–N with tert-alkyl or cyclic N) is 1. The Bertz CT molecular complexity index is 1040. The third-order valence-electron chi connectivity index (χ3n) is 6.47. The van der Waals surface area contributed by atoms with Crippen molar-refractivity contribution in [2.75, 3.05) is 18.6 Å². The topological polar surface area (TPSA) is 99.6 Å². The lowest BCUT2D eigenvalue weighted by atomic mass is 10.00. The number of benzene rings is 1. The molecule has 3 atom stereocenters. The lowest BCUT2D eigenvalue weighted by molar-refractivity contribution is -0.140. The van der Waals surface area contributed by atoms with Crippen LogP contribution in [0.2, 0.25) is 0 Å². The van der Waals surface area contributed by atoms with Crippen molar-refractivity contribution in [3.63, 3.8) is 0 Å². The molecule has 0 spiro atoms. The summed E-state index contributed by atoms with van der Waals surface area (Å²) in [6, 6.07) is 6.77. The zero-order valence-corrected chi connectivity index (χ0v) is 23.2. The van der Waals surface area contributed by atoms with Crippen molar-refractivity contribution in [3.05, 3.63) is 41.0 Å². The van der Waals surface area contributed by atoms with Gasteiger partial charge in [0.25, 0.3) is 0 Å². The van der Waals surface area contributed by atoms with Crippen LogP contribution in [0.15, 0.2) is 29.8 Å². The van der Waals surface area contributed by atoms with Crippen LogP contribution in [0.1, 0.15) is 50.8 Å². The van der Waals surface area contributed by atoms with E-state index in [1.165, 1.54) is 16.7 Å². The number of amides is 2. The first-order valence-electron chi connectivity index (χ1n) is 12.5. The number of aliphatic hydroxyl groups is 1. The summed E-state index contributed by atoms with van der Waals surface area (Å²) < 4.78 is 0. The molecular weight excluding hydrogens is 494 g/mol. The molecule has 0 bridgehead atoms. The number of aryl methyl sites for hydroxylation is 2. The highest BCUT2D eigenvalue weighted by Crippen LogP contribution is 2.28. The third kappa shape index (κ3) is 7.63. The molecule has 1 aliphatic heterocycles. The van der Waals surface area contributed by atoms with E-state index in [1.54, 1.807) is 11.3 Å². The molecule has 2 amide bonds. The number of carbonyl (C=O) groups excluding carboxylic acids is 3. The predicted molar refractivity (Wildman–Crippen MR) is 146 cm³/mol. The van der Waals surface area contributed by atoms with E-state index in [2.05, 4.69) is 24.1 Å². The monoisotopic (exact) mass is 531 g/mol. The quantitative estimate of drug-likeness (QED) is 0.431. The van der Waals surface area contributed by atoms with Crippen LogP contribution in [-0.4, -0.2) is 69.3 Å². The van der Waals surface area contributed by atoms with Crippen molar-refractivity contribution < 1.29 is 19.5 Å². The number of thioether (sulfide) groups is 1. The van der Waals surface area contributed by atoms with Gasteiger partial charge in [0.15, 0.2) is 5.78 Å². The smallest absolute Gasteiger partial charge is 0.246 e. The summed E-state index contributed by atoms with van der Waals surface area (Å²) in [7, 11) is 0. The zero-order valence-electron chi connectivity index (χ0n) is 21.5. The van der Waals surface area contributed by atoms with Crippen LogP contribution < -0.4 is 5.32 Å². The van der Waals surface area contributed by atoms with Gasteiger partial charge in [-0.25, -0.2) is 4.98 Å². The number of likely N-dealkylation sites (tertiary alicyclic amines) is 1. The molecule has 1 aromatic heterocycles. The molecule has 0 saturated carbocycles. The maximum Gasteiger partial charge on any atom is 0.246 e. The summed E-state index contributed by atoms with van der Waals surface area (Å²) in [5, 5.41) is 13.1. The van der Waals surface area contributed by atoms with Crippen molar-refractivity contribution in [2.45, 2.75) is 71.1 Å². The standard InChI is InChI=1S/C27H37N3O4S2/c1-17(2)5-12-25(33)29-22(15-35-4)27(34)30-14-21(31)13-23(30)24(32)11-8-19-6-9-20(10-7-19)26-18(3)28-16-36-26/h6-7,9-10,16-17,21-23,31H,5,8,11-15H2,1-4H3,(H,29,33)/t21-,22?,23+/m1/s1. The molecule has 1 unspecified atom stereocenters. The minimum atomic E-state index is -0.739. The Morgan fingerprint density at radius 1 is 1.22 bits per heavy atom. The number of aliphatic hydroxyl groups excluding tert-OH is 1. The van der Waals surface area contributed by atoms with Gasteiger partial charge in [0.05, 0.1) is 28.2 Å². The van der Waals surface area contributed by atoms with Crippen LogP contribution in [-0.2, 0) is 20.8 Å². The Hall–Kier alpha value is -2.23. The van der Waals surface area contributed by atoms with Gasteiger partial charge in [0.1, 0.15) is 6.04 Å². The van der Waals surface area contributed by atoms with Gasteiger partial charge in [-0.3, -0.25) is 14.4 Å². The van der Waals surface area contributed by atoms with Crippen molar-refractivity contribution >= 4 is 40.7 Å². The van der Waals surface area contributed by atoms with Gasteiger partial charge < -0.3 is 15.3 Å². The van der Waals surface area contributed by atoms with Gasteiger partial charge in [0, 0.05) is 31.6 Å². The minimum absolute atomic E-state index is 0.0590. The van der Waals surface area contributed by atoms with Crippen molar-refractivity contribution in [1.29, 1.82) is 0 Å². The average Bonchev–Trinajstić information content (AvgIpc) is 3.46. The molecule has 7 nitrogen and oxygen atoms in total. The van der Waals surface area contributed by atoms with Gasteiger partial charge in [0.2, 0.25) is 11.8 Å². The van der Waals surface area contributed by atoms with Crippen LogP contribution in [0, 0.1) is 12.8 Å². The number of nitrogens with one attached hydrogen (secondary N) is 1. The van der Waals surface area contributed by atoms with Crippen LogP contribution in [0.5, 0.6) is 0 Å². The van der Waals surface area contributed by atoms with E-state index in [4.69, 9.17) is 0 Å². The lowest BCUT2D eigenvalue weighted by Gasteiger charge is -2.28. The summed E-state index contributed by atoms with van der Waals surface area (Å²) in [4.78, 5) is 45.8.